The summed E-state index contributed by atoms with van der Waals surface area (Å²) in [4.78, 5) is 41.6. The molecule has 8 heteroatoms. The van der Waals surface area contributed by atoms with Gasteiger partial charge in [-0.25, -0.2) is 0 Å². The predicted octanol–water partition coefficient (Wildman–Crippen LogP) is 3.64. The minimum atomic E-state index is -0.714. The molecule has 0 aliphatic carbocycles. The lowest BCUT2D eigenvalue weighted by Crippen LogP contribution is -2.49. The summed E-state index contributed by atoms with van der Waals surface area (Å²) in [6, 6.07) is 21.2. The fraction of sp³-hybridized carbons (Fsp3) is 0.345. The molecule has 1 atom stereocenters. The monoisotopic (exact) mass is 518 g/mol. The Morgan fingerprint density at radius 2 is 1.78 bits per heavy atom. The van der Waals surface area contributed by atoms with Gasteiger partial charge in [0, 0.05) is 43.0 Å². The van der Waals surface area contributed by atoms with Crippen molar-refractivity contribution in [1.82, 2.24) is 10.6 Å². The van der Waals surface area contributed by atoms with Gasteiger partial charge in [0.15, 0.2) is 0 Å². The first kappa shape index (κ1) is 26.7. The van der Waals surface area contributed by atoms with Gasteiger partial charge in [-0.05, 0) is 47.9 Å². The fourth-order valence-corrected chi connectivity index (χ4v) is 5.46. The number of amides is 3. The Bertz CT molecular complexity index is 1250. The number of carbonyl (C=O) groups is 3. The molecule has 194 valence electrons. The largest absolute Gasteiger partial charge is 0.354 e. The number of benzene rings is 3. The first-order valence-corrected chi connectivity index (χ1v) is 13.8. The Morgan fingerprint density at radius 1 is 1.00 bits per heavy atom. The van der Waals surface area contributed by atoms with Crippen LogP contribution in [0.5, 0.6) is 0 Å². The van der Waals surface area contributed by atoms with Gasteiger partial charge >= 0.3 is 0 Å². The lowest BCUT2D eigenvalue weighted by molar-refractivity contribution is -0.129. The molecule has 37 heavy (non-hydrogen) atoms. The van der Waals surface area contributed by atoms with Gasteiger partial charge in [0.05, 0.1) is 5.69 Å². The SMILES string of the molecule is NCCCCNC(=O)C(Cc1ccc2ccccc2c1)NC(=O)CCN1C(=O)CCSc2ccccc21. The lowest BCUT2D eigenvalue weighted by Gasteiger charge is -2.23. The van der Waals surface area contributed by atoms with E-state index in [4.69, 9.17) is 5.73 Å². The van der Waals surface area contributed by atoms with Crippen molar-refractivity contribution in [2.24, 2.45) is 5.73 Å². The van der Waals surface area contributed by atoms with E-state index in [0.717, 1.165) is 45.5 Å². The Labute approximate surface area is 222 Å². The number of fused-ring (bicyclic) bond motifs is 2. The molecule has 0 saturated heterocycles. The van der Waals surface area contributed by atoms with E-state index in [2.05, 4.69) is 16.7 Å². The van der Waals surface area contributed by atoms with Crippen LogP contribution in [0.25, 0.3) is 10.8 Å². The van der Waals surface area contributed by atoms with Crippen LogP contribution in [0.4, 0.5) is 5.69 Å². The molecule has 0 bridgehead atoms. The highest BCUT2D eigenvalue weighted by atomic mass is 32.2. The van der Waals surface area contributed by atoms with Gasteiger partial charge in [-0.3, -0.25) is 14.4 Å². The summed E-state index contributed by atoms with van der Waals surface area (Å²) in [6.45, 7) is 1.35. The molecule has 0 saturated carbocycles. The highest BCUT2D eigenvalue weighted by Gasteiger charge is 2.25. The van der Waals surface area contributed by atoms with E-state index in [0.29, 0.717) is 25.9 Å². The summed E-state index contributed by atoms with van der Waals surface area (Å²) >= 11 is 1.65. The average Bonchev–Trinajstić information content (AvgIpc) is 3.07. The summed E-state index contributed by atoms with van der Waals surface area (Å²) in [6.07, 6.45) is 2.52. The Hall–Kier alpha value is -3.36. The molecule has 0 fully saturated rings. The van der Waals surface area contributed by atoms with Gasteiger partial charge in [0.25, 0.3) is 0 Å². The Balaban J connectivity index is 1.43. The fourth-order valence-electron chi connectivity index (χ4n) is 4.46. The number of unbranched alkanes of at least 4 members (excludes halogenated alkanes) is 1. The molecule has 4 rings (SSSR count). The van der Waals surface area contributed by atoms with Crippen molar-refractivity contribution in [2.75, 3.05) is 30.3 Å². The van der Waals surface area contributed by atoms with Gasteiger partial charge in [-0.2, -0.15) is 0 Å². The second-order valence-corrected chi connectivity index (χ2v) is 10.3. The molecule has 0 spiro atoms. The van der Waals surface area contributed by atoms with E-state index in [1.807, 2.05) is 60.7 Å². The van der Waals surface area contributed by atoms with Crippen LogP contribution in [0.3, 0.4) is 0 Å². The van der Waals surface area contributed by atoms with Crippen LogP contribution < -0.4 is 21.3 Å². The van der Waals surface area contributed by atoms with Crippen molar-refractivity contribution in [2.45, 2.75) is 43.0 Å². The number of para-hydroxylation sites is 1. The second-order valence-electron chi connectivity index (χ2n) is 9.15. The Morgan fingerprint density at radius 3 is 2.62 bits per heavy atom. The normalized spacial score (nSPS) is 14.1. The molecule has 1 unspecified atom stereocenters. The standard InChI is InChI=1S/C29H34N4O3S/c30-15-5-6-16-31-29(36)24(20-21-11-12-22-7-1-2-8-23(22)19-21)32-27(34)13-17-33-25-9-3-4-10-26(25)37-18-14-28(33)35/h1-4,7-12,19,24H,5-6,13-18,20,30H2,(H,31,36)(H,32,34). The van der Waals surface area contributed by atoms with E-state index < -0.39 is 6.04 Å². The molecule has 3 aromatic rings. The third-order valence-electron chi connectivity index (χ3n) is 6.43. The van der Waals surface area contributed by atoms with Crippen molar-refractivity contribution in [3.63, 3.8) is 0 Å². The summed E-state index contributed by atoms with van der Waals surface area (Å²) in [5, 5.41) is 8.08. The molecule has 4 N–H and O–H groups in total. The zero-order chi connectivity index (χ0) is 26.0. The topological polar surface area (TPSA) is 105 Å². The van der Waals surface area contributed by atoms with Crippen LogP contribution in [0.15, 0.2) is 71.6 Å². The van der Waals surface area contributed by atoms with Crippen LogP contribution in [0.1, 0.15) is 31.2 Å². The van der Waals surface area contributed by atoms with Crippen LogP contribution in [0, 0.1) is 0 Å². The van der Waals surface area contributed by atoms with Crippen LogP contribution in [0.2, 0.25) is 0 Å². The number of carbonyl (C=O) groups excluding carboxylic acids is 3. The molecule has 3 aromatic carbocycles. The van der Waals surface area contributed by atoms with Gasteiger partial charge in [0.2, 0.25) is 17.7 Å². The number of hydrogen-bond acceptors (Lipinski definition) is 5. The third kappa shape index (κ3) is 7.33. The number of nitrogens with one attached hydrogen (secondary N) is 2. The van der Waals surface area contributed by atoms with Crippen LogP contribution in [-0.2, 0) is 20.8 Å². The van der Waals surface area contributed by atoms with Crippen molar-refractivity contribution in [3.8, 4) is 0 Å². The van der Waals surface area contributed by atoms with Gasteiger partial charge in [-0.15, -0.1) is 11.8 Å². The summed E-state index contributed by atoms with van der Waals surface area (Å²) in [5.41, 5.74) is 7.37. The van der Waals surface area contributed by atoms with E-state index in [1.54, 1.807) is 16.7 Å². The summed E-state index contributed by atoms with van der Waals surface area (Å²) in [7, 11) is 0. The zero-order valence-electron chi connectivity index (χ0n) is 20.9. The van der Waals surface area contributed by atoms with Gasteiger partial charge < -0.3 is 21.3 Å². The molecule has 1 aliphatic rings. The average molecular weight is 519 g/mol. The first-order valence-electron chi connectivity index (χ1n) is 12.8. The molecule has 1 aliphatic heterocycles. The number of thioether (sulfide) groups is 1. The van der Waals surface area contributed by atoms with Gasteiger partial charge in [-0.1, -0.05) is 54.6 Å². The van der Waals surface area contributed by atoms with Crippen molar-refractivity contribution in [3.05, 3.63) is 72.3 Å². The number of hydrogen-bond donors (Lipinski definition) is 3. The maximum Gasteiger partial charge on any atom is 0.242 e. The molecular formula is C29H34N4O3S. The first-order chi connectivity index (χ1) is 18.0. The minimum absolute atomic E-state index is 0.00982. The van der Waals surface area contributed by atoms with Gasteiger partial charge in [0.1, 0.15) is 6.04 Å². The minimum Gasteiger partial charge on any atom is -0.354 e. The summed E-state index contributed by atoms with van der Waals surface area (Å²) < 4.78 is 0. The molecule has 3 amide bonds. The molecule has 0 radical (unpaired) electrons. The number of nitrogens with zero attached hydrogens (tertiary/aromatic N) is 1. The molecule has 7 nitrogen and oxygen atoms in total. The number of rotatable bonds is 11. The maximum absolute atomic E-state index is 13.1. The zero-order valence-corrected chi connectivity index (χ0v) is 21.8. The predicted molar refractivity (Wildman–Crippen MR) is 150 cm³/mol. The smallest absolute Gasteiger partial charge is 0.242 e. The van der Waals surface area contributed by atoms with E-state index in [-0.39, 0.29) is 30.7 Å². The van der Waals surface area contributed by atoms with Crippen molar-refractivity contribution < 1.29 is 14.4 Å². The lowest BCUT2D eigenvalue weighted by atomic mass is 10.0. The van der Waals surface area contributed by atoms with Crippen LogP contribution in [-0.4, -0.2) is 49.2 Å². The highest BCUT2D eigenvalue weighted by molar-refractivity contribution is 7.99. The quantitative estimate of drug-likeness (QED) is 0.336. The van der Waals surface area contributed by atoms with Crippen molar-refractivity contribution >= 4 is 45.9 Å². The van der Waals surface area contributed by atoms with Crippen LogP contribution >= 0.6 is 11.8 Å². The Kier molecular flexibility index (Phi) is 9.57. The van der Waals surface area contributed by atoms with E-state index in [1.165, 1.54) is 0 Å². The van der Waals surface area contributed by atoms with E-state index >= 15 is 0 Å². The highest BCUT2D eigenvalue weighted by Crippen LogP contribution is 2.34. The molecule has 0 aromatic heterocycles. The summed E-state index contributed by atoms with van der Waals surface area (Å²) in [5.74, 6) is 0.253. The third-order valence-corrected chi connectivity index (χ3v) is 7.49. The van der Waals surface area contributed by atoms with E-state index in [9.17, 15) is 14.4 Å². The second kappa shape index (κ2) is 13.3. The number of nitrogens with two attached hydrogens (primary N) is 1. The molecule has 1 heterocycles. The maximum atomic E-state index is 13.1. The molecular weight excluding hydrogens is 484 g/mol. The number of anilines is 1. The van der Waals surface area contributed by atoms with Crippen molar-refractivity contribution in [1.29, 1.82) is 0 Å².